The Labute approximate surface area is 99.8 Å². The topological polar surface area (TPSA) is 86.8 Å². The highest BCUT2D eigenvalue weighted by Crippen LogP contribution is 2.24. The molecule has 0 unspecified atom stereocenters. The molecule has 1 heterocycles. The smallest absolute Gasteiger partial charge is 0.150 e. The lowest BCUT2D eigenvalue weighted by molar-refractivity contribution is 0.277. The van der Waals surface area contributed by atoms with E-state index in [1.54, 1.807) is 0 Å². The number of imidazole rings is 1. The molecule has 2 aromatic rings. The molecule has 0 amide bonds. The van der Waals surface area contributed by atoms with E-state index < -0.39 is 11.6 Å². The number of rotatable bonds is 3. The second-order valence-corrected chi connectivity index (χ2v) is 3.38. The minimum absolute atomic E-state index is 0.154. The maximum atomic E-state index is 13.7. The molecule has 0 aliphatic carbocycles. The zero-order chi connectivity index (χ0) is 13.1. The Morgan fingerprint density at radius 3 is 2.56 bits per heavy atom. The van der Waals surface area contributed by atoms with Crippen molar-refractivity contribution >= 4 is 5.69 Å². The third-order valence-corrected chi connectivity index (χ3v) is 2.22. The Hall–Kier alpha value is -2.44. The molecule has 0 aliphatic rings. The molecule has 1 aromatic carbocycles. The Morgan fingerprint density at radius 2 is 2.06 bits per heavy atom. The van der Waals surface area contributed by atoms with Crippen LogP contribution in [-0.2, 0) is 6.61 Å². The zero-order valence-electron chi connectivity index (χ0n) is 8.96. The molecular formula is C10H7F2N5O. The summed E-state index contributed by atoms with van der Waals surface area (Å²) in [6.07, 6.45) is 2.48. The molecule has 8 heteroatoms. The molecule has 0 aliphatic heterocycles. The highest BCUT2D eigenvalue weighted by molar-refractivity contribution is 5.47. The SMILES string of the molecule is [N-]=[N+]=Nc1cc(F)c(-n2cnc(CO)c2)c(F)c1. The fraction of sp³-hybridized carbons (Fsp3) is 0.100. The van der Waals surface area contributed by atoms with Crippen molar-refractivity contribution < 1.29 is 13.9 Å². The first-order chi connectivity index (χ1) is 8.65. The first-order valence-electron chi connectivity index (χ1n) is 4.84. The van der Waals surface area contributed by atoms with Gasteiger partial charge in [0.05, 0.1) is 18.6 Å². The number of aliphatic hydroxyl groups is 1. The first-order valence-corrected chi connectivity index (χ1v) is 4.84. The van der Waals surface area contributed by atoms with Crippen molar-refractivity contribution in [3.05, 3.63) is 52.4 Å². The van der Waals surface area contributed by atoms with Gasteiger partial charge in [0.2, 0.25) is 0 Å². The van der Waals surface area contributed by atoms with Crippen LogP contribution in [0.15, 0.2) is 29.8 Å². The fourth-order valence-corrected chi connectivity index (χ4v) is 1.48. The predicted molar refractivity (Wildman–Crippen MR) is 58.2 cm³/mol. The van der Waals surface area contributed by atoms with E-state index in [4.69, 9.17) is 10.6 Å². The quantitative estimate of drug-likeness (QED) is 0.516. The average molecular weight is 251 g/mol. The molecular weight excluding hydrogens is 244 g/mol. The van der Waals surface area contributed by atoms with Gasteiger partial charge in [-0.05, 0) is 17.7 Å². The van der Waals surface area contributed by atoms with Crippen LogP contribution in [0.5, 0.6) is 0 Å². The molecule has 18 heavy (non-hydrogen) atoms. The highest BCUT2D eigenvalue weighted by atomic mass is 19.1. The molecule has 0 saturated carbocycles. The van der Waals surface area contributed by atoms with Crippen LogP contribution >= 0.6 is 0 Å². The van der Waals surface area contributed by atoms with Crippen molar-refractivity contribution in [2.45, 2.75) is 6.61 Å². The number of azide groups is 1. The summed E-state index contributed by atoms with van der Waals surface area (Å²) in [4.78, 5) is 6.20. The van der Waals surface area contributed by atoms with Crippen molar-refractivity contribution in [2.75, 3.05) is 0 Å². The standard InChI is InChI=1S/C10H7F2N5O/c11-8-1-6(15-16-13)2-9(12)10(8)17-3-7(4-18)14-5-17/h1-3,5,18H,4H2. The predicted octanol–water partition coefficient (Wildman–Crippen LogP) is 2.58. The van der Waals surface area contributed by atoms with E-state index in [1.807, 2.05) is 0 Å². The van der Waals surface area contributed by atoms with Gasteiger partial charge in [0.25, 0.3) is 0 Å². The van der Waals surface area contributed by atoms with E-state index in [2.05, 4.69) is 15.0 Å². The Morgan fingerprint density at radius 1 is 1.39 bits per heavy atom. The van der Waals surface area contributed by atoms with Crippen molar-refractivity contribution in [1.82, 2.24) is 9.55 Å². The maximum absolute atomic E-state index is 13.7. The van der Waals surface area contributed by atoms with Gasteiger partial charge in [-0.25, -0.2) is 13.8 Å². The first kappa shape index (κ1) is 12.0. The third-order valence-electron chi connectivity index (χ3n) is 2.22. The highest BCUT2D eigenvalue weighted by Gasteiger charge is 2.13. The Kier molecular flexibility index (Phi) is 3.22. The number of aromatic nitrogens is 2. The van der Waals surface area contributed by atoms with Crippen LogP contribution < -0.4 is 0 Å². The van der Waals surface area contributed by atoms with Gasteiger partial charge in [-0.2, -0.15) is 0 Å². The van der Waals surface area contributed by atoms with E-state index in [-0.39, 0.29) is 23.7 Å². The Bertz CT molecular complexity index is 610. The van der Waals surface area contributed by atoms with Crippen LogP contribution in [0.3, 0.4) is 0 Å². The van der Waals surface area contributed by atoms with Gasteiger partial charge in [-0.3, -0.25) is 0 Å². The lowest BCUT2D eigenvalue weighted by Gasteiger charge is -2.06. The molecule has 0 fully saturated rings. The van der Waals surface area contributed by atoms with Crippen molar-refractivity contribution in [1.29, 1.82) is 0 Å². The molecule has 0 saturated heterocycles. The molecule has 1 N–H and O–H groups in total. The van der Waals surface area contributed by atoms with Crippen LogP contribution in [0.25, 0.3) is 16.1 Å². The van der Waals surface area contributed by atoms with Gasteiger partial charge >= 0.3 is 0 Å². The Balaban J connectivity index is 2.54. The number of nitrogens with zero attached hydrogens (tertiary/aromatic N) is 5. The average Bonchev–Trinajstić information content (AvgIpc) is 2.77. The normalized spacial score (nSPS) is 10.2. The van der Waals surface area contributed by atoms with Crippen molar-refractivity contribution in [3.8, 4) is 5.69 Å². The molecule has 1 aromatic heterocycles. The molecule has 0 bridgehead atoms. The maximum Gasteiger partial charge on any atom is 0.150 e. The van der Waals surface area contributed by atoms with Gasteiger partial charge in [0.15, 0.2) is 11.6 Å². The summed E-state index contributed by atoms with van der Waals surface area (Å²) < 4.78 is 28.5. The van der Waals surface area contributed by atoms with E-state index >= 15 is 0 Å². The fourth-order valence-electron chi connectivity index (χ4n) is 1.48. The summed E-state index contributed by atoms with van der Waals surface area (Å²) in [6.45, 7) is -0.326. The zero-order valence-corrected chi connectivity index (χ0v) is 8.96. The van der Waals surface area contributed by atoms with Gasteiger partial charge in [-0.1, -0.05) is 5.11 Å². The molecule has 0 atom stereocenters. The van der Waals surface area contributed by atoms with Crippen LogP contribution in [0.2, 0.25) is 0 Å². The van der Waals surface area contributed by atoms with Crippen LogP contribution in [-0.4, -0.2) is 14.7 Å². The molecule has 92 valence electrons. The molecule has 0 radical (unpaired) electrons. The molecule has 2 rings (SSSR count). The van der Waals surface area contributed by atoms with Gasteiger partial charge in [0.1, 0.15) is 5.69 Å². The second kappa shape index (κ2) is 4.82. The third kappa shape index (κ3) is 2.15. The van der Waals surface area contributed by atoms with E-state index in [1.165, 1.54) is 12.5 Å². The number of hydrogen-bond acceptors (Lipinski definition) is 3. The summed E-state index contributed by atoms with van der Waals surface area (Å²) >= 11 is 0. The van der Waals surface area contributed by atoms with Crippen LogP contribution in [0.1, 0.15) is 5.69 Å². The van der Waals surface area contributed by atoms with Gasteiger partial charge in [-0.15, -0.1) is 0 Å². The van der Waals surface area contributed by atoms with Gasteiger partial charge < -0.3 is 9.67 Å². The summed E-state index contributed by atoms with van der Waals surface area (Å²) in [6, 6.07) is 1.83. The number of hydrogen-bond donors (Lipinski definition) is 1. The number of aliphatic hydroxyl groups excluding tert-OH is 1. The number of benzene rings is 1. The minimum atomic E-state index is -0.890. The largest absolute Gasteiger partial charge is 0.390 e. The lowest BCUT2D eigenvalue weighted by Crippen LogP contribution is -1.99. The van der Waals surface area contributed by atoms with Crippen LogP contribution in [0.4, 0.5) is 14.5 Å². The van der Waals surface area contributed by atoms with Crippen molar-refractivity contribution in [2.24, 2.45) is 5.11 Å². The second-order valence-electron chi connectivity index (χ2n) is 3.38. The monoisotopic (exact) mass is 251 g/mol. The summed E-state index contributed by atoms with van der Waals surface area (Å²) in [7, 11) is 0. The lowest BCUT2D eigenvalue weighted by atomic mass is 10.2. The van der Waals surface area contributed by atoms with E-state index in [0.717, 1.165) is 16.7 Å². The van der Waals surface area contributed by atoms with Gasteiger partial charge in [0, 0.05) is 16.8 Å². The number of halogens is 2. The molecule has 6 nitrogen and oxygen atoms in total. The molecule has 0 spiro atoms. The van der Waals surface area contributed by atoms with E-state index in [0.29, 0.717) is 0 Å². The summed E-state index contributed by atoms with van der Waals surface area (Å²) in [5, 5.41) is 12.0. The summed E-state index contributed by atoms with van der Waals surface area (Å²) in [5.41, 5.74) is 7.98. The van der Waals surface area contributed by atoms with Crippen molar-refractivity contribution in [3.63, 3.8) is 0 Å². The van der Waals surface area contributed by atoms with Crippen LogP contribution in [0, 0.1) is 11.6 Å². The summed E-state index contributed by atoms with van der Waals surface area (Å²) in [5.74, 6) is -1.78. The minimum Gasteiger partial charge on any atom is -0.390 e. The van der Waals surface area contributed by atoms with E-state index in [9.17, 15) is 8.78 Å².